The minimum atomic E-state index is -0.387. The van der Waals surface area contributed by atoms with E-state index in [1.165, 1.54) is 11.1 Å². The van der Waals surface area contributed by atoms with Crippen molar-refractivity contribution in [2.24, 2.45) is 11.3 Å². The topological polar surface area (TPSA) is 43.4 Å². The standard InChI is InChI=1S/C21H30O3/c1-7-24-20(23)18(14-21(4,5)6)13-19(22)11-10-17-9-8-15(2)16(3)12-17/h8-12,18H,7,13-14H2,1-6H3/b11-10+. The first-order chi connectivity index (χ1) is 11.1. The maximum atomic E-state index is 12.3. The van der Waals surface area contributed by atoms with Gasteiger partial charge in [0.1, 0.15) is 0 Å². The highest BCUT2D eigenvalue weighted by molar-refractivity contribution is 5.95. The number of hydrogen-bond acceptors (Lipinski definition) is 3. The molecule has 1 aromatic carbocycles. The summed E-state index contributed by atoms with van der Waals surface area (Å²) in [6.45, 7) is 12.4. The molecule has 0 bridgehead atoms. The van der Waals surface area contributed by atoms with Crippen LogP contribution in [0.2, 0.25) is 0 Å². The third-order valence-electron chi connectivity index (χ3n) is 3.92. The molecule has 0 radical (unpaired) electrons. The second-order valence-electron chi connectivity index (χ2n) is 7.56. The maximum absolute atomic E-state index is 12.3. The molecule has 0 aliphatic rings. The van der Waals surface area contributed by atoms with Crippen molar-refractivity contribution in [3.8, 4) is 0 Å². The molecule has 0 aliphatic heterocycles. The molecule has 1 aromatic rings. The summed E-state index contributed by atoms with van der Waals surface area (Å²) in [5, 5.41) is 0. The third kappa shape index (κ3) is 7.12. The van der Waals surface area contributed by atoms with Gasteiger partial charge in [-0.2, -0.15) is 0 Å². The van der Waals surface area contributed by atoms with E-state index in [2.05, 4.69) is 40.7 Å². The van der Waals surface area contributed by atoms with Crippen LogP contribution in [0.4, 0.5) is 0 Å². The van der Waals surface area contributed by atoms with Gasteiger partial charge in [-0.15, -0.1) is 0 Å². The lowest BCUT2D eigenvalue weighted by Gasteiger charge is -2.24. The van der Waals surface area contributed by atoms with E-state index >= 15 is 0 Å². The summed E-state index contributed by atoms with van der Waals surface area (Å²) in [4.78, 5) is 24.4. The fourth-order valence-electron chi connectivity index (χ4n) is 2.61. The van der Waals surface area contributed by atoms with Crippen LogP contribution in [-0.4, -0.2) is 18.4 Å². The molecule has 3 heteroatoms. The molecule has 0 aromatic heterocycles. The molecule has 1 atom stereocenters. The zero-order chi connectivity index (χ0) is 18.3. The Morgan fingerprint density at radius 3 is 2.38 bits per heavy atom. The van der Waals surface area contributed by atoms with E-state index in [4.69, 9.17) is 4.74 Å². The molecule has 0 spiro atoms. The van der Waals surface area contributed by atoms with Crippen LogP contribution in [0.1, 0.15) is 57.2 Å². The molecule has 0 heterocycles. The van der Waals surface area contributed by atoms with Crippen molar-refractivity contribution >= 4 is 17.8 Å². The van der Waals surface area contributed by atoms with Crippen LogP contribution < -0.4 is 0 Å². The van der Waals surface area contributed by atoms with Crippen molar-refractivity contribution in [1.29, 1.82) is 0 Å². The Kier molecular flexibility index (Phi) is 7.40. The minimum absolute atomic E-state index is 0.0323. The maximum Gasteiger partial charge on any atom is 0.309 e. The second kappa shape index (κ2) is 8.81. The zero-order valence-electron chi connectivity index (χ0n) is 15.8. The first-order valence-electron chi connectivity index (χ1n) is 8.57. The fourth-order valence-corrected chi connectivity index (χ4v) is 2.61. The summed E-state index contributed by atoms with van der Waals surface area (Å²) in [6.07, 6.45) is 4.21. The molecule has 132 valence electrons. The van der Waals surface area contributed by atoms with Crippen LogP contribution in [0, 0.1) is 25.2 Å². The molecule has 24 heavy (non-hydrogen) atoms. The van der Waals surface area contributed by atoms with E-state index in [9.17, 15) is 9.59 Å². The van der Waals surface area contributed by atoms with Crippen LogP contribution in [0.5, 0.6) is 0 Å². The molecule has 3 nitrogen and oxygen atoms in total. The Morgan fingerprint density at radius 1 is 1.17 bits per heavy atom. The van der Waals surface area contributed by atoms with Crippen molar-refractivity contribution in [3.05, 3.63) is 41.0 Å². The average Bonchev–Trinajstić information content (AvgIpc) is 2.46. The molecule has 0 amide bonds. The number of allylic oxidation sites excluding steroid dienone is 1. The number of esters is 1. The summed E-state index contributed by atoms with van der Waals surface area (Å²) in [7, 11) is 0. The third-order valence-corrected chi connectivity index (χ3v) is 3.92. The number of ether oxygens (including phenoxy) is 1. The molecular weight excluding hydrogens is 300 g/mol. The van der Waals surface area contributed by atoms with Gasteiger partial charge in [0.05, 0.1) is 12.5 Å². The Hall–Kier alpha value is -1.90. The van der Waals surface area contributed by atoms with Gasteiger partial charge in [-0.3, -0.25) is 9.59 Å². The monoisotopic (exact) mass is 330 g/mol. The van der Waals surface area contributed by atoms with E-state index < -0.39 is 0 Å². The highest BCUT2D eigenvalue weighted by atomic mass is 16.5. The van der Waals surface area contributed by atoms with Crippen LogP contribution in [0.3, 0.4) is 0 Å². The highest BCUT2D eigenvalue weighted by Crippen LogP contribution is 2.27. The SMILES string of the molecule is CCOC(=O)C(CC(=O)/C=C/c1ccc(C)c(C)c1)CC(C)(C)C. The van der Waals surface area contributed by atoms with Gasteiger partial charge in [0.2, 0.25) is 0 Å². The number of hydrogen-bond donors (Lipinski definition) is 0. The normalized spacial score (nSPS) is 13.1. The van der Waals surface area contributed by atoms with Crippen molar-refractivity contribution in [3.63, 3.8) is 0 Å². The van der Waals surface area contributed by atoms with Crippen molar-refractivity contribution in [1.82, 2.24) is 0 Å². The number of carbonyl (C=O) groups is 2. The van der Waals surface area contributed by atoms with E-state index in [0.29, 0.717) is 13.0 Å². The van der Waals surface area contributed by atoms with E-state index in [0.717, 1.165) is 5.56 Å². The van der Waals surface area contributed by atoms with Gasteiger partial charge < -0.3 is 4.74 Å². The first kappa shape index (κ1) is 20.1. The van der Waals surface area contributed by atoms with Crippen molar-refractivity contribution in [2.45, 2.75) is 54.4 Å². The van der Waals surface area contributed by atoms with Crippen molar-refractivity contribution in [2.75, 3.05) is 6.61 Å². The van der Waals surface area contributed by atoms with E-state index in [1.54, 1.807) is 13.0 Å². The van der Waals surface area contributed by atoms with Crippen LogP contribution in [-0.2, 0) is 14.3 Å². The number of aryl methyl sites for hydroxylation is 2. The molecule has 0 fully saturated rings. The Labute approximate surface area is 146 Å². The first-order valence-corrected chi connectivity index (χ1v) is 8.57. The quantitative estimate of drug-likeness (QED) is 0.528. The Balaban J connectivity index is 2.77. The van der Waals surface area contributed by atoms with Gasteiger partial charge in [-0.1, -0.05) is 45.0 Å². The lowest BCUT2D eigenvalue weighted by atomic mass is 9.82. The van der Waals surface area contributed by atoms with Gasteiger partial charge in [-0.05, 0) is 55.4 Å². The molecule has 0 saturated heterocycles. The largest absolute Gasteiger partial charge is 0.466 e. The molecule has 0 aliphatic carbocycles. The van der Waals surface area contributed by atoms with Gasteiger partial charge in [0.15, 0.2) is 5.78 Å². The lowest BCUT2D eigenvalue weighted by molar-refractivity contribution is -0.150. The van der Waals surface area contributed by atoms with Gasteiger partial charge >= 0.3 is 5.97 Å². The summed E-state index contributed by atoms with van der Waals surface area (Å²) in [5.74, 6) is -0.710. The van der Waals surface area contributed by atoms with Gasteiger partial charge in [-0.25, -0.2) is 0 Å². The predicted octanol–water partition coefficient (Wildman–Crippen LogP) is 4.89. The molecule has 0 N–H and O–H groups in total. The second-order valence-corrected chi connectivity index (χ2v) is 7.56. The summed E-state index contributed by atoms with van der Waals surface area (Å²) in [5.41, 5.74) is 3.39. The number of ketones is 1. The molecule has 1 rings (SSSR count). The molecular formula is C21H30O3. The fraction of sp³-hybridized carbons (Fsp3) is 0.524. The molecule has 1 unspecified atom stereocenters. The lowest BCUT2D eigenvalue weighted by Crippen LogP contribution is -2.25. The van der Waals surface area contributed by atoms with Crippen molar-refractivity contribution < 1.29 is 14.3 Å². The Bertz CT molecular complexity index is 606. The van der Waals surface area contributed by atoms with Gasteiger partial charge in [0, 0.05) is 6.42 Å². The smallest absolute Gasteiger partial charge is 0.309 e. The minimum Gasteiger partial charge on any atom is -0.466 e. The van der Waals surface area contributed by atoms with Crippen LogP contribution in [0.15, 0.2) is 24.3 Å². The predicted molar refractivity (Wildman–Crippen MR) is 98.8 cm³/mol. The summed E-state index contributed by atoms with van der Waals surface area (Å²) in [6, 6.07) is 6.09. The summed E-state index contributed by atoms with van der Waals surface area (Å²) >= 11 is 0. The van der Waals surface area contributed by atoms with Gasteiger partial charge in [0.25, 0.3) is 0 Å². The Morgan fingerprint density at radius 2 is 1.83 bits per heavy atom. The van der Waals surface area contributed by atoms with Crippen LogP contribution in [0.25, 0.3) is 6.08 Å². The summed E-state index contributed by atoms with van der Waals surface area (Å²) < 4.78 is 5.13. The zero-order valence-corrected chi connectivity index (χ0v) is 15.8. The molecule has 0 saturated carbocycles. The number of benzene rings is 1. The van der Waals surface area contributed by atoms with Crippen LogP contribution >= 0.6 is 0 Å². The highest BCUT2D eigenvalue weighted by Gasteiger charge is 2.27. The van der Waals surface area contributed by atoms with E-state index in [-0.39, 0.29) is 29.5 Å². The number of rotatable bonds is 7. The average molecular weight is 330 g/mol. The van der Waals surface area contributed by atoms with E-state index in [1.807, 2.05) is 18.2 Å². The number of carbonyl (C=O) groups excluding carboxylic acids is 2.